The van der Waals surface area contributed by atoms with Crippen molar-refractivity contribution in [3.63, 3.8) is 0 Å². The van der Waals surface area contributed by atoms with E-state index in [1.54, 1.807) is 11.6 Å². The molecule has 0 saturated carbocycles. The molecule has 10 nitrogen and oxygen atoms in total. The number of alkyl carbamates (subject to hydrolysis) is 1. The molecule has 1 amide bonds. The van der Waals surface area contributed by atoms with Crippen LogP contribution in [0.4, 0.5) is 22.2 Å². The van der Waals surface area contributed by atoms with Gasteiger partial charge in [-0.05, 0) is 62.6 Å². The highest BCUT2D eigenvalue weighted by Gasteiger charge is 2.34. The quantitative estimate of drug-likeness (QED) is 0.341. The number of rotatable bonds is 6. The molecule has 1 N–H and O–H groups in total. The van der Waals surface area contributed by atoms with Crippen LogP contribution in [0, 0.1) is 5.41 Å². The van der Waals surface area contributed by atoms with E-state index in [1.165, 1.54) is 5.56 Å². The summed E-state index contributed by atoms with van der Waals surface area (Å²) in [6.45, 7) is 11.0. The Morgan fingerprint density at radius 3 is 2.44 bits per heavy atom. The highest BCUT2D eigenvalue weighted by Crippen LogP contribution is 2.37. The fraction of sp³-hybridized carbons (Fsp3) is 0.455. The summed E-state index contributed by atoms with van der Waals surface area (Å²) in [5, 5.41) is 8.53. The average molecular weight is 584 g/mol. The Labute approximate surface area is 252 Å². The van der Waals surface area contributed by atoms with Crippen molar-refractivity contribution in [3.8, 4) is 0 Å². The van der Waals surface area contributed by atoms with Crippen molar-refractivity contribution >= 4 is 34.6 Å². The number of benzene rings is 2. The Bertz CT molecular complexity index is 1700. The van der Waals surface area contributed by atoms with E-state index in [2.05, 4.69) is 52.4 Å². The Morgan fingerprint density at radius 1 is 1.02 bits per heavy atom. The van der Waals surface area contributed by atoms with Crippen LogP contribution in [0.3, 0.4) is 0 Å². The number of nitrogens with one attached hydrogen (secondary N) is 1. The third-order valence-electron chi connectivity index (χ3n) is 8.56. The fourth-order valence-corrected chi connectivity index (χ4v) is 6.09. The number of carbonyl (C=O) groups excluding carboxylic acids is 1. The minimum absolute atomic E-state index is 0.0816. The molecule has 2 aromatic heterocycles. The summed E-state index contributed by atoms with van der Waals surface area (Å²) in [7, 11) is 1.80. The smallest absolute Gasteiger partial charge is 0.407 e. The molecule has 226 valence electrons. The number of nitrogens with zero attached hydrogens (tertiary/aromatic N) is 6. The van der Waals surface area contributed by atoms with Gasteiger partial charge in [-0.1, -0.05) is 55.5 Å². The highest BCUT2D eigenvalue weighted by atomic mass is 16.6. The summed E-state index contributed by atoms with van der Waals surface area (Å²) in [5.74, 6) is 1.30. The lowest BCUT2D eigenvalue weighted by molar-refractivity contribution is 0.0495. The van der Waals surface area contributed by atoms with Crippen LogP contribution in [0.2, 0.25) is 0 Å². The molecule has 43 heavy (non-hydrogen) atoms. The van der Waals surface area contributed by atoms with Gasteiger partial charge < -0.3 is 19.9 Å². The number of hydrogen-bond acceptors (Lipinski definition) is 7. The fourth-order valence-electron chi connectivity index (χ4n) is 6.09. The maximum atomic E-state index is 14.1. The summed E-state index contributed by atoms with van der Waals surface area (Å²) >= 11 is 0. The minimum atomic E-state index is -0.533. The monoisotopic (exact) mass is 583 g/mol. The number of para-hydroxylation sites is 1. The molecule has 0 aliphatic carbocycles. The maximum Gasteiger partial charge on any atom is 0.407 e. The van der Waals surface area contributed by atoms with Crippen LogP contribution < -0.4 is 20.7 Å². The number of aromatic nitrogens is 4. The molecule has 4 heterocycles. The highest BCUT2D eigenvalue weighted by molar-refractivity contribution is 5.91. The lowest BCUT2D eigenvalue weighted by atomic mass is 9.80. The van der Waals surface area contributed by atoms with Gasteiger partial charge in [-0.15, -0.1) is 0 Å². The van der Waals surface area contributed by atoms with Crippen molar-refractivity contribution < 1.29 is 9.53 Å². The van der Waals surface area contributed by atoms with E-state index in [0.717, 1.165) is 50.1 Å². The molecule has 2 aliphatic heterocycles. The second kappa shape index (κ2) is 11.1. The molecule has 0 atom stereocenters. The van der Waals surface area contributed by atoms with Crippen molar-refractivity contribution in [2.24, 2.45) is 12.5 Å². The maximum absolute atomic E-state index is 14.1. The van der Waals surface area contributed by atoms with Gasteiger partial charge in [0.2, 0.25) is 5.95 Å². The SMILES string of the molecule is Cn1c(N2CCC(C)(CNC(=O)OC(C)(C)C)CC2)nc2c(c(N3CCc4ccccc43)nn2Cc2ccccc2)c1=O. The van der Waals surface area contributed by atoms with E-state index < -0.39 is 11.7 Å². The van der Waals surface area contributed by atoms with Crippen LogP contribution in [0.5, 0.6) is 0 Å². The van der Waals surface area contributed by atoms with Gasteiger partial charge in [0.25, 0.3) is 5.56 Å². The first-order valence-electron chi connectivity index (χ1n) is 15.1. The molecule has 0 spiro atoms. The van der Waals surface area contributed by atoms with Gasteiger partial charge in [-0.25, -0.2) is 9.48 Å². The summed E-state index contributed by atoms with van der Waals surface area (Å²) in [6.07, 6.45) is 2.20. The zero-order chi connectivity index (χ0) is 30.4. The molecule has 0 unspecified atom stereocenters. The minimum Gasteiger partial charge on any atom is -0.444 e. The first-order chi connectivity index (χ1) is 20.5. The number of carbonyl (C=O) groups is 1. The third-order valence-corrected chi connectivity index (χ3v) is 8.56. The van der Waals surface area contributed by atoms with Gasteiger partial charge >= 0.3 is 6.09 Å². The molecular weight excluding hydrogens is 542 g/mol. The Morgan fingerprint density at radius 2 is 1.72 bits per heavy atom. The largest absolute Gasteiger partial charge is 0.444 e. The molecule has 4 aromatic rings. The first-order valence-corrected chi connectivity index (χ1v) is 15.1. The lowest BCUT2D eigenvalue weighted by Gasteiger charge is -2.40. The molecule has 2 aliphatic rings. The summed E-state index contributed by atoms with van der Waals surface area (Å²) in [4.78, 5) is 35.9. The Kier molecular flexibility index (Phi) is 7.40. The normalized spacial score (nSPS) is 16.4. The van der Waals surface area contributed by atoms with Gasteiger partial charge in [0, 0.05) is 38.9 Å². The van der Waals surface area contributed by atoms with E-state index in [0.29, 0.717) is 35.9 Å². The molecular formula is C33H41N7O3. The standard InChI is InChI=1S/C33H41N7O3/c1-32(2,3)43-31(42)34-22-33(4)16-19-38(20-17-33)30-35-27-26(29(41)37(30)5)28(36-40(27)21-23-11-7-6-8-12-23)39-18-15-24-13-9-10-14-25(24)39/h6-14H,15-22H2,1-5H3,(H,34,42). The zero-order valence-electron chi connectivity index (χ0n) is 25.8. The molecule has 0 radical (unpaired) electrons. The predicted octanol–water partition coefficient (Wildman–Crippen LogP) is 5.00. The second-order valence-corrected chi connectivity index (χ2v) is 13.1. The predicted molar refractivity (Wildman–Crippen MR) is 169 cm³/mol. The molecule has 2 aromatic carbocycles. The molecule has 1 fully saturated rings. The number of hydrogen-bond donors (Lipinski definition) is 1. The number of amides is 1. The van der Waals surface area contributed by atoms with E-state index >= 15 is 0 Å². The topological polar surface area (TPSA) is 97.5 Å². The Hall–Kier alpha value is -4.34. The Balaban J connectivity index is 1.31. The van der Waals surface area contributed by atoms with Crippen LogP contribution in [-0.4, -0.2) is 57.2 Å². The van der Waals surface area contributed by atoms with Crippen LogP contribution in [0.25, 0.3) is 11.0 Å². The summed E-state index contributed by atoms with van der Waals surface area (Å²) in [6, 6.07) is 18.5. The third kappa shape index (κ3) is 5.83. The number of ether oxygens (including phenoxy) is 1. The second-order valence-electron chi connectivity index (χ2n) is 13.1. The number of piperidine rings is 1. The molecule has 1 saturated heterocycles. The van der Waals surface area contributed by atoms with E-state index in [9.17, 15) is 9.59 Å². The van der Waals surface area contributed by atoms with E-state index in [1.807, 2.05) is 49.7 Å². The van der Waals surface area contributed by atoms with Crippen molar-refractivity contribution in [3.05, 3.63) is 76.1 Å². The van der Waals surface area contributed by atoms with Crippen molar-refractivity contribution in [2.45, 2.75) is 59.1 Å². The number of fused-ring (bicyclic) bond motifs is 2. The van der Waals surface area contributed by atoms with E-state index in [4.69, 9.17) is 14.8 Å². The molecule has 0 bridgehead atoms. The van der Waals surface area contributed by atoms with E-state index in [-0.39, 0.29) is 11.0 Å². The van der Waals surface area contributed by atoms with Gasteiger partial charge in [0.1, 0.15) is 11.0 Å². The van der Waals surface area contributed by atoms with Gasteiger partial charge in [0.15, 0.2) is 11.5 Å². The lowest BCUT2D eigenvalue weighted by Crippen LogP contribution is -2.47. The van der Waals surface area contributed by atoms with Crippen molar-refractivity contribution in [2.75, 3.05) is 36.0 Å². The van der Waals surface area contributed by atoms with Gasteiger partial charge in [-0.2, -0.15) is 10.1 Å². The van der Waals surface area contributed by atoms with Crippen LogP contribution in [-0.2, 0) is 24.8 Å². The summed E-state index contributed by atoms with van der Waals surface area (Å²) in [5.41, 5.74) is 3.33. The van der Waals surface area contributed by atoms with Crippen molar-refractivity contribution in [1.82, 2.24) is 24.6 Å². The number of anilines is 3. The van der Waals surface area contributed by atoms with Gasteiger partial charge in [-0.3, -0.25) is 9.36 Å². The van der Waals surface area contributed by atoms with Gasteiger partial charge in [0.05, 0.1) is 6.54 Å². The van der Waals surface area contributed by atoms with Crippen LogP contribution in [0.1, 0.15) is 51.7 Å². The first kappa shape index (κ1) is 28.8. The van der Waals surface area contributed by atoms with Crippen molar-refractivity contribution in [1.29, 1.82) is 0 Å². The molecule has 10 heteroatoms. The van der Waals surface area contributed by atoms with Crippen LogP contribution >= 0.6 is 0 Å². The average Bonchev–Trinajstić information content (AvgIpc) is 3.56. The van der Waals surface area contributed by atoms with Crippen LogP contribution in [0.15, 0.2) is 59.4 Å². The zero-order valence-corrected chi connectivity index (χ0v) is 25.8. The summed E-state index contributed by atoms with van der Waals surface area (Å²) < 4.78 is 8.98. The molecule has 6 rings (SSSR count).